The Morgan fingerprint density at radius 3 is 2.80 bits per heavy atom. The van der Waals surface area contributed by atoms with Crippen molar-refractivity contribution >= 4 is 11.3 Å². The molecule has 2 rings (SSSR count). The molecule has 0 aliphatic rings. The van der Waals surface area contributed by atoms with Gasteiger partial charge in [0.15, 0.2) is 5.01 Å². The van der Waals surface area contributed by atoms with Gasteiger partial charge in [-0.2, -0.15) is 0 Å². The smallest absolute Gasteiger partial charge is 0.151 e. The molecule has 5 heteroatoms. The number of nitrogens with one attached hydrogen (secondary N) is 1. The van der Waals surface area contributed by atoms with Crippen molar-refractivity contribution in [3.8, 4) is 16.3 Å². The first kappa shape index (κ1) is 14.9. The molecular formula is C15H21N3OS. The van der Waals surface area contributed by atoms with Crippen molar-refractivity contribution < 1.29 is 4.74 Å². The van der Waals surface area contributed by atoms with Gasteiger partial charge in [0, 0.05) is 13.0 Å². The number of benzene rings is 1. The van der Waals surface area contributed by atoms with Gasteiger partial charge in [-0.25, -0.2) is 0 Å². The number of ether oxygens (including phenoxy) is 1. The van der Waals surface area contributed by atoms with Crippen molar-refractivity contribution in [3.05, 3.63) is 29.3 Å². The van der Waals surface area contributed by atoms with Gasteiger partial charge in [-0.05, 0) is 32.0 Å². The van der Waals surface area contributed by atoms with Crippen molar-refractivity contribution in [3.63, 3.8) is 0 Å². The predicted octanol–water partition coefficient (Wildman–Crippen LogP) is 3.15. The van der Waals surface area contributed by atoms with E-state index in [1.807, 2.05) is 31.2 Å². The summed E-state index contributed by atoms with van der Waals surface area (Å²) in [5.74, 6) is 0.877. The van der Waals surface area contributed by atoms with Crippen LogP contribution in [-0.2, 0) is 6.42 Å². The van der Waals surface area contributed by atoms with Crippen molar-refractivity contribution in [2.45, 2.75) is 26.7 Å². The van der Waals surface area contributed by atoms with Crippen LogP contribution in [0, 0.1) is 0 Å². The van der Waals surface area contributed by atoms with Crippen molar-refractivity contribution in [2.24, 2.45) is 0 Å². The maximum absolute atomic E-state index is 5.64. The molecule has 0 amide bonds. The summed E-state index contributed by atoms with van der Waals surface area (Å²) in [7, 11) is 0. The first-order valence-electron chi connectivity index (χ1n) is 7.10. The maximum Gasteiger partial charge on any atom is 0.151 e. The van der Waals surface area contributed by atoms with Gasteiger partial charge in [-0.3, -0.25) is 0 Å². The molecule has 1 aromatic heterocycles. The Labute approximate surface area is 124 Å². The van der Waals surface area contributed by atoms with E-state index >= 15 is 0 Å². The van der Waals surface area contributed by atoms with Crippen molar-refractivity contribution in [2.75, 3.05) is 19.7 Å². The van der Waals surface area contributed by atoms with Gasteiger partial charge in [0.25, 0.3) is 0 Å². The monoisotopic (exact) mass is 291 g/mol. The molecule has 0 spiro atoms. The third-order valence-corrected chi connectivity index (χ3v) is 3.84. The molecule has 0 fully saturated rings. The number of hydrogen-bond acceptors (Lipinski definition) is 5. The van der Waals surface area contributed by atoms with Crippen LogP contribution >= 0.6 is 11.3 Å². The first-order chi connectivity index (χ1) is 9.85. The first-order valence-corrected chi connectivity index (χ1v) is 7.92. The van der Waals surface area contributed by atoms with Gasteiger partial charge in [-0.1, -0.05) is 30.4 Å². The highest BCUT2D eigenvalue weighted by Gasteiger charge is 2.11. The van der Waals surface area contributed by atoms with Gasteiger partial charge in [0.2, 0.25) is 0 Å². The summed E-state index contributed by atoms with van der Waals surface area (Å²) in [4.78, 5) is 0. The predicted molar refractivity (Wildman–Crippen MR) is 83.4 cm³/mol. The van der Waals surface area contributed by atoms with Crippen LogP contribution in [0.2, 0.25) is 0 Å². The lowest BCUT2D eigenvalue weighted by molar-refractivity contribution is 0.341. The standard InChI is InChI=1S/C15H21N3OS/c1-3-10-16-11-9-14-17-18-15(20-14)12-7-5-6-8-13(12)19-4-2/h5-8,16H,3-4,9-11H2,1-2H3. The molecule has 0 aliphatic heterocycles. The summed E-state index contributed by atoms with van der Waals surface area (Å²) in [5.41, 5.74) is 1.03. The lowest BCUT2D eigenvalue weighted by Crippen LogP contribution is -2.17. The van der Waals surface area contributed by atoms with Crippen LogP contribution in [0.5, 0.6) is 5.75 Å². The molecule has 108 valence electrons. The summed E-state index contributed by atoms with van der Waals surface area (Å²) in [6.45, 7) is 6.82. The number of hydrogen-bond donors (Lipinski definition) is 1. The second kappa shape index (κ2) is 7.97. The molecular weight excluding hydrogens is 270 g/mol. The normalized spacial score (nSPS) is 10.7. The van der Waals surface area contributed by atoms with E-state index in [2.05, 4.69) is 22.4 Å². The van der Waals surface area contributed by atoms with E-state index in [4.69, 9.17) is 4.74 Å². The Kier molecular flexibility index (Phi) is 5.95. The summed E-state index contributed by atoms with van der Waals surface area (Å²) < 4.78 is 5.64. The van der Waals surface area contributed by atoms with Gasteiger partial charge in [-0.15, -0.1) is 10.2 Å². The van der Waals surface area contributed by atoms with Gasteiger partial charge in [0.05, 0.1) is 12.2 Å². The molecule has 0 saturated carbocycles. The van der Waals surface area contributed by atoms with Crippen molar-refractivity contribution in [1.29, 1.82) is 0 Å². The minimum atomic E-state index is 0.656. The fraction of sp³-hybridized carbons (Fsp3) is 0.467. The van der Waals surface area contributed by atoms with E-state index in [-0.39, 0.29) is 0 Å². The molecule has 2 aromatic rings. The summed E-state index contributed by atoms with van der Waals surface area (Å²) >= 11 is 1.64. The zero-order valence-corrected chi connectivity index (χ0v) is 12.9. The average Bonchev–Trinajstić information content (AvgIpc) is 2.93. The minimum Gasteiger partial charge on any atom is -0.493 e. The molecule has 20 heavy (non-hydrogen) atoms. The van der Waals surface area contributed by atoms with E-state index in [1.54, 1.807) is 11.3 Å². The number of nitrogens with zero attached hydrogens (tertiary/aromatic N) is 2. The van der Waals surface area contributed by atoms with E-state index in [0.29, 0.717) is 6.61 Å². The quantitative estimate of drug-likeness (QED) is 0.759. The van der Waals surface area contributed by atoms with Crippen molar-refractivity contribution in [1.82, 2.24) is 15.5 Å². The highest BCUT2D eigenvalue weighted by Crippen LogP contribution is 2.31. The fourth-order valence-corrected chi connectivity index (χ4v) is 2.75. The number of para-hydroxylation sites is 1. The lowest BCUT2D eigenvalue weighted by atomic mass is 10.2. The molecule has 1 aromatic carbocycles. The van der Waals surface area contributed by atoms with Crippen LogP contribution < -0.4 is 10.1 Å². The van der Waals surface area contributed by atoms with Crippen LogP contribution in [0.15, 0.2) is 24.3 Å². The third-order valence-electron chi connectivity index (χ3n) is 2.83. The van der Waals surface area contributed by atoms with Gasteiger partial charge < -0.3 is 10.1 Å². The summed E-state index contributed by atoms with van der Waals surface area (Å²) in [6, 6.07) is 7.99. The molecule has 0 aliphatic carbocycles. The Balaban J connectivity index is 2.04. The van der Waals surface area contributed by atoms with Crippen LogP contribution in [0.1, 0.15) is 25.3 Å². The van der Waals surface area contributed by atoms with Gasteiger partial charge >= 0.3 is 0 Å². The Hall–Kier alpha value is -1.46. The summed E-state index contributed by atoms with van der Waals surface area (Å²) in [5, 5.41) is 13.9. The number of rotatable bonds is 8. The second-order valence-electron chi connectivity index (χ2n) is 4.43. The summed E-state index contributed by atoms with van der Waals surface area (Å²) in [6.07, 6.45) is 2.08. The highest BCUT2D eigenvalue weighted by molar-refractivity contribution is 7.14. The molecule has 1 N–H and O–H groups in total. The van der Waals surface area contributed by atoms with Crippen LogP contribution in [-0.4, -0.2) is 29.9 Å². The second-order valence-corrected chi connectivity index (χ2v) is 5.49. The van der Waals surface area contributed by atoms with Crippen LogP contribution in [0.4, 0.5) is 0 Å². The van der Waals surface area contributed by atoms with E-state index in [9.17, 15) is 0 Å². The molecule has 0 saturated heterocycles. The Morgan fingerprint density at radius 2 is 2.00 bits per heavy atom. The zero-order chi connectivity index (χ0) is 14.2. The maximum atomic E-state index is 5.64. The number of aromatic nitrogens is 2. The molecule has 0 unspecified atom stereocenters. The largest absolute Gasteiger partial charge is 0.493 e. The van der Waals surface area contributed by atoms with E-state index < -0.39 is 0 Å². The SMILES string of the molecule is CCCNCCc1nnc(-c2ccccc2OCC)s1. The molecule has 0 radical (unpaired) electrons. The van der Waals surface area contributed by atoms with Crippen LogP contribution in [0.25, 0.3) is 10.6 Å². The van der Waals surface area contributed by atoms with Gasteiger partial charge in [0.1, 0.15) is 10.8 Å². The molecule has 4 nitrogen and oxygen atoms in total. The average molecular weight is 291 g/mol. The Morgan fingerprint density at radius 1 is 1.15 bits per heavy atom. The Bertz CT molecular complexity index is 527. The molecule has 0 atom stereocenters. The third kappa shape index (κ3) is 4.02. The topological polar surface area (TPSA) is 47.0 Å². The minimum absolute atomic E-state index is 0.656. The van der Waals surface area contributed by atoms with E-state index in [0.717, 1.165) is 47.3 Å². The molecule has 1 heterocycles. The fourth-order valence-electron chi connectivity index (χ4n) is 1.89. The molecule has 0 bridgehead atoms. The van der Waals surface area contributed by atoms with E-state index in [1.165, 1.54) is 0 Å². The zero-order valence-electron chi connectivity index (χ0n) is 12.1. The lowest BCUT2D eigenvalue weighted by Gasteiger charge is -2.06. The highest BCUT2D eigenvalue weighted by atomic mass is 32.1. The van der Waals surface area contributed by atoms with Crippen LogP contribution in [0.3, 0.4) is 0 Å².